The SMILES string of the molecule is CCNC(=O)CN(CC)c1nnc(CC)c(CC)c1C#N. The van der Waals surface area contributed by atoms with Gasteiger partial charge in [0.25, 0.3) is 0 Å². The van der Waals surface area contributed by atoms with Crippen molar-refractivity contribution in [2.45, 2.75) is 40.5 Å². The molecule has 0 radical (unpaired) electrons. The molecule has 1 aromatic heterocycles. The van der Waals surface area contributed by atoms with Gasteiger partial charge in [-0.1, -0.05) is 13.8 Å². The molecule has 0 unspecified atom stereocenters. The first-order chi connectivity index (χ1) is 10.1. The molecule has 0 spiro atoms. The molecule has 114 valence electrons. The number of hydrogen-bond acceptors (Lipinski definition) is 5. The number of hydrogen-bond donors (Lipinski definition) is 1. The first-order valence-electron chi connectivity index (χ1n) is 7.42. The zero-order valence-electron chi connectivity index (χ0n) is 13.2. The topological polar surface area (TPSA) is 81.9 Å². The van der Waals surface area contributed by atoms with Crippen LogP contribution in [0, 0.1) is 11.3 Å². The third-order valence-electron chi connectivity index (χ3n) is 3.33. The summed E-state index contributed by atoms with van der Waals surface area (Å²) in [5.41, 5.74) is 2.32. The van der Waals surface area contributed by atoms with Crippen LogP contribution in [0.25, 0.3) is 0 Å². The van der Waals surface area contributed by atoms with Gasteiger partial charge in [-0.15, -0.1) is 5.10 Å². The lowest BCUT2D eigenvalue weighted by Crippen LogP contribution is -2.38. The minimum absolute atomic E-state index is 0.0809. The van der Waals surface area contributed by atoms with Crippen molar-refractivity contribution in [3.63, 3.8) is 0 Å². The predicted octanol–water partition coefficient (Wildman–Crippen LogP) is 1.44. The number of anilines is 1. The minimum Gasteiger partial charge on any atom is -0.355 e. The van der Waals surface area contributed by atoms with Gasteiger partial charge in [0, 0.05) is 13.1 Å². The summed E-state index contributed by atoms with van der Waals surface area (Å²) in [5.74, 6) is 0.419. The Hall–Kier alpha value is -2.16. The van der Waals surface area contributed by atoms with E-state index in [0.717, 1.165) is 24.1 Å². The quantitative estimate of drug-likeness (QED) is 0.821. The van der Waals surface area contributed by atoms with Gasteiger partial charge in [-0.2, -0.15) is 10.4 Å². The number of carbonyl (C=O) groups is 1. The van der Waals surface area contributed by atoms with E-state index >= 15 is 0 Å². The smallest absolute Gasteiger partial charge is 0.239 e. The van der Waals surface area contributed by atoms with E-state index in [1.807, 2.05) is 27.7 Å². The molecule has 0 saturated carbocycles. The summed E-state index contributed by atoms with van der Waals surface area (Å²) in [6, 6.07) is 2.23. The van der Waals surface area contributed by atoms with E-state index < -0.39 is 0 Å². The van der Waals surface area contributed by atoms with E-state index in [4.69, 9.17) is 0 Å². The lowest BCUT2D eigenvalue weighted by molar-refractivity contribution is -0.119. The highest BCUT2D eigenvalue weighted by Gasteiger charge is 2.20. The Morgan fingerprint density at radius 3 is 2.43 bits per heavy atom. The second-order valence-corrected chi connectivity index (χ2v) is 4.61. The van der Waals surface area contributed by atoms with Crippen molar-refractivity contribution < 1.29 is 4.79 Å². The number of carbonyl (C=O) groups excluding carboxylic acids is 1. The summed E-state index contributed by atoms with van der Waals surface area (Å²) >= 11 is 0. The van der Waals surface area contributed by atoms with Crippen molar-refractivity contribution >= 4 is 11.7 Å². The molecular formula is C15H23N5O. The summed E-state index contributed by atoms with van der Waals surface area (Å²) in [5, 5.41) is 20.7. The molecule has 0 aliphatic heterocycles. The van der Waals surface area contributed by atoms with Gasteiger partial charge in [-0.05, 0) is 32.3 Å². The molecule has 6 heteroatoms. The number of nitrogens with one attached hydrogen (secondary N) is 1. The van der Waals surface area contributed by atoms with Gasteiger partial charge in [0.15, 0.2) is 5.82 Å². The Bertz CT molecular complexity index is 536. The van der Waals surface area contributed by atoms with Crippen molar-refractivity contribution in [3.8, 4) is 6.07 Å². The van der Waals surface area contributed by atoms with E-state index in [0.29, 0.717) is 24.5 Å². The first kappa shape index (κ1) is 16.9. The molecule has 1 N–H and O–H groups in total. The van der Waals surface area contributed by atoms with Gasteiger partial charge < -0.3 is 10.2 Å². The average molecular weight is 289 g/mol. The highest BCUT2D eigenvalue weighted by Crippen LogP contribution is 2.23. The van der Waals surface area contributed by atoms with Crippen LogP contribution in [0.15, 0.2) is 0 Å². The molecule has 1 amide bonds. The number of amides is 1. The van der Waals surface area contributed by atoms with E-state index in [1.54, 1.807) is 4.90 Å². The average Bonchev–Trinajstić information content (AvgIpc) is 2.51. The molecule has 6 nitrogen and oxygen atoms in total. The highest BCUT2D eigenvalue weighted by molar-refractivity contribution is 5.81. The number of nitrogens with zero attached hydrogens (tertiary/aromatic N) is 4. The van der Waals surface area contributed by atoms with E-state index in [9.17, 15) is 10.1 Å². The van der Waals surface area contributed by atoms with Crippen LogP contribution < -0.4 is 10.2 Å². The zero-order valence-corrected chi connectivity index (χ0v) is 13.2. The number of aromatic nitrogens is 2. The number of nitriles is 1. The molecule has 1 rings (SSSR count). The van der Waals surface area contributed by atoms with Crippen molar-refractivity contribution in [1.82, 2.24) is 15.5 Å². The molecule has 0 aliphatic rings. The summed E-state index contributed by atoms with van der Waals surface area (Å²) in [7, 11) is 0. The Labute approximate surface area is 126 Å². The van der Waals surface area contributed by atoms with Crippen LogP contribution >= 0.6 is 0 Å². The van der Waals surface area contributed by atoms with Crippen molar-refractivity contribution in [2.75, 3.05) is 24.5 Å². The van der Waals surface area contributed by atoms with Gasteiger partial charge >= 0.3 is 0 Å². The van der Waals surface area contributed by atoms with Gasteiger partial charge in [0.2, 0.25) is 5.91 Å². The van der Waals surface area contributed by atoms with Gasteiger partial charge in [-0.25, -0.2) is 0 Å². The van der Waals surface area contributed by atoms with Crippen molar-refractivity contribution in [1.29, 1.82) is 5.26 Å². The van der Waals surface area contributed by atoms with Crippen LogP contribution in [0.4, 0.5) is 5.82 Å². The second-order valence-electron chi connectivity index (χ2n) is 4.61. The molecule has 0 saturated heterocycles. The van der Waals surface area contributed by atoms with Crippen LogP contribution in [0.3, 0.4) is 0 Å². The van der Waals surface area contributed by atoms with Crippen LogP contribution in [0.1, 0.15) is 44.5 Å². The lowest BCUT2D eigenvalue weighted by atomic mass is 10.0. The van der Waals surface area contributed by atoms with Crippen molar-refractivity contribution in [2.24, 2.45) is 0 Å². The van der Waals surface area contributed by atoms with Crippen LogP contribution in [-0.4, -0.2) is 35.7 Å². The van der Waals surface area contributed by atoms with E-state index in [1.165, 1.54) is 0 Å². The Kier molecular flexibility index (Phi) is 6.60. The molecule has 0 fully saturated rings. The fourth-order valence-corrected chi connectivity index (χ4v) is 2.26. The third kappa shape index (κ3) is 3.91. The van der Waals surface area contributed by atoms with Gasteiger partial charge in [0.05, 0.1) is 12.2 Å². The molecule has 1 aromatic rings. The molecule has 0 aliphatic carbocycles. The fourth-order valence-electron chi connectivity index (χ4n) is 2.26. The molecule has 21 heavy (non-hydrogen) atoms. The van der Waals surface area contributed by atoms with Crippen LogP contribution in [0.5, 0.6) is 0 Å². The number of aryl methyl sites for hydroxylation is 1. The normalized spacial score (nSPS) is 10.0. The molecular weight excluding hydrogens is 266 g/mol. The van der Waals surface area contributed by atoms with E-state index in [2.05, 4.69) is 21.6 Å². The van der Waals surface area contributed by atoms with Crippen LogP contribution in [-0.2, 0) is 17.6 Å². The Morgan fingerprint density at radius 1 is 1.24 bits per heavy atom. The monoisotopic (exact) mass is 289 g/mol. The minimum atomic E-state index is -0.0809. The largest absolute Gasteiger partial charge is 0.355 e. The molecule has 0 bridgehead atoms. The Balaban J connectivity index is 3.21. The van der Waals surface area contributed by atoms with E-state index in [-0.39, 0.29) is 12.5 Å². The molecule has 0 aromatic carbocycles. The third-order valence-corrected chi connectivity index (χ3v) is 3.33. The molecule has 1 heterocycles. The maximum absolute atomic E-state index is 11.8. The standard InChI is InChI=1S/C15H23N5O/c1-5-11-12(9-16)15(19-18-13(11)6-2)20(8-4)10-14(21)17-7-3/h5-8,10H2,1-4H3,(H,17,21). The van der Waals surface area contributed by atoms with Crippen molar-refractivity contribution in [3.05, 3.63) is 16.8 Å². The zero-order chi connectivity index (χ0) is 15.8. The van der Waals surface area contributed by atoms with Gasteiger partial charge in [0.1, 0.15) is 11.6 Å². The summed E-state index contributed by atoms with van der Waals surface area (Å²) in [6.07, 6.45) is 1.47. The highest BCUT2D eigenvalue weighted by atomic mass is 16.2. The second kappa shape index (κ2) is 8.20. The fraction of sp³-hybridized carbons (Fsp3) is 0.600. The predicted molar refractivity (Wildman–Crippen MR) is 82.1 cm³/mol. The summed E-state index contributed by atoms with van der Waals surface area (Å²) < 4.78 is 0. The lowest BCUT2D eigenvalue weighted by Gasteiger charge is -2.23. The maximum atomic E-state index is 11.8. The number of likely N-dealkylation sites (N-methyl/N-ethyl adjacent to an activating group) is 2. The summed E-state index contributed by atoms with van der Waals surface area (Å²) in [4.78, 5) is 13.6. The summed E-state index contributed by atoms with van der Waals surface area (Å²) in [6.45, 7) is 9.16. The molecule has 0 atom stereocenters. The first-order valence-corrected chi connectivity index (χ1v) is 7.42. The number of rotatable bonds is 7. The van der Waals surface area contributed by atoms with Gasteiger partial charge in [-0.3, -0.25) is 4.79 Å². The Morgan fingerprint density at radius 2 is 1.95 bits per heavy atom. The maximum Gasteiger partial charge on any atom is 0.239 e. The van der Waals surface area contributed by atoms with Crippen LogP contribution in [0.2, 0.25) is 0 Å².